The molecule has 0 N–H and O–H groups in total. The van der Waals surface area contributed by atoms with Crippen LogP contribution in [-0.4, -0.2) is 32.3 Å². The second-order valence-corrected chi connectivity index (χ2v) is 5.48. The molecule has 2 rings (SSSR count). The Kier molecular flexibility index (Phi) is 6.00. The Morgan fingerprint density at radius 2 is 1.76 bits per heavy atom. The van der Waals surface area contributed by atoms with E-state index in [-0.39, 0.29) is 17.4 Å². The van der Waals surface area contributed by atoms with Gasteiger partial charge in [-0.3, -0.25) is 0 Å². The molecule has 0 bridgehead atoms. The Bertz CT molecular complexity index is 746. The Labute approximate surface area is 147 Å². The molecule has 6 heteroatoms. The maximum atomic E-state index is 12.4. The molecule has 0 unspecified atom stereocenters. The van der Waals surface area contributed by atoms with E-state index in [0.717, 1.165) is 0 Å². The van der Waals surface area contributed by atoms with Gasteiger partial charge in [0.2, 0.25) is 0 Å². The van der Waals surface area contributed by atoms with Gasteiger partial charge in [-0.05, 0) is 38.1 Å². The van der Waals surface area contributed by atoms with Crippen LogP contribution in [0.25, 0.3) is 0 Å². The molecular formula is C19H21NO5. The second-order valence-electron chi connectivity index (χ2n) is 5.48. The van der Waals surface area contributed by atoms with E-state index >= 15 is 0 Å². The molecule has 0 saturated heterocycles. The Balaban J connectivity index is 2.57. The molecule has 1 aromatic carbocycles. The minimum atomic E-state index is -0.646. The van der Waals surface area contributed by atoms with Gasteiger partial charge in [0, 0.05) is 18.0 Å². The normalized spacial score (nSPS) is 13.7. The summed E-state index contributed by atoms with van der Waals surface area (Å²) in [6.45, 7) is 3.86. The van der Waals surface area contributed by atoms with E-state index in [1.54, 1.807) is 35.4 Å². The number of hydrogen-bond acceptors (Lipinski definition) is 6. The lowest BCUT2D eigenvalue weighted by Gasteiger charge is -2.23. The van der Waals surface area contributed by atoms with Crippen molar-refractivity contribution in [2.24, 2.45) is 0 Å². The number of carbonyl (C=O) groups is 2. The summed E-state index contributed by atoms with van der Waals surface area (Å²) in [5.41, 5.74) is 0.829. The van der Waals surface area contributed by atoms with Crippen LogP contribution in [0.3, 0.4) is 0 Å². The molecule has 6 nitrogen and oxygen atoms in total. The molecule has 0 radical (unpaired) electrons. The molecule has 1 aromatic rings. The number of esters is 2. The number of ether oxygens (including phenoxy) is 3. The molecule has 1 heterocycles. The van der Waals surface area contributed by atoms with Crippen molar-refractivity contribution in [2.75, 3.05) is 19.1 Å². The predicted octanol–water partition coefficient (Wildman–Crippen LogP) is 2.96. The summed E-state index contributed by atoms with van der Waals surface area (Å²) in [7, 11) is 2.52. The molecule has 1 aliphatic heterocycles. The van der Waals surface area contributed by atoms with Gasteiger partial charge >= 0.3 is 11.9 Å². The lowest BCUT2D eigenvalue weighted by Crippen LogP contribution is -2.27. The fraction of sp³-hybridized carbons (Fsp3) is 0.263. The summed E-state index contributed by atoms with van der Waals surface area (Å²) in [6, 6.07) is 7.23. The number of nitrogens with zero attached hydrogens (tertiary/aromatic N) is 1. The Morgan fingerprint density at radius 3 is 2.40 bits per heavy atom. The van der Waals surface area contributed by atoms with Crippen molar-refractivity contribution >= 4 is 17.6 Å². The average Bonchev–Trinajstić information content (AvgIpc) is 2.83. The van der Waals surface area contributed by atoms with Crippen molar-refractivity contribution in [3.05, 3.63) is 60.0 Å². The number of anilines is 1. The minimum absolute atomic E-state index is 0.0119. The molecule has 0 aliphatic carbocycles. The monoisotopic (exact) mass is 343 g/mol. The Morgan fingerprint density at radius 1 is 1.04 bits per heavy atom. The van der Waals surface area contributed by atoms with Crippen LogP contribution in [-0.2, 0) is 19.1 Å². The third-order valence-corrected chi connectivity index (χ3v) is 3.36. The van der Waals surface area contributed by atoms with Crippen molar-refractivity contribution in [1.29, 1.82) is 0 Å². The maximum absolute atomic E-state index is 12.4. The maximum Gasteiger partial charge on any atom is 0.355 e. The van der Waals surface area contributed by atoms with Gasteiger partial charge in [0.1, 0.15) is 11.4 Å². The summed E-state index contributed by atoms with van der Waals surface area (Å²) < 4.78 is 15.4. The first-order valence-corrected chi connectivity index (χ1v) is 7.79. The van der Waals surface area contributed by atoms with Gasteiger partial charge < -0.3 is 19.1 Å². The van der Waals surface area contributed by atoms with Crippen LogP contribution in [0.15, 0.2) is 60.0 Å². The van der Waals surface area contributed by atoms with Gasteiger partial charge in [0.25, 0.3) is 0 Å². The first kappa shape index (κ1) is 18.3. The first-order valence-electron chi connectivity index (χ1n) is 7.79. The van der Waals surface area contributed by atoms with Crippen molar-refractivity contribution in [2.45, 2.75) is 20.0 Å². The topological polar surface area (TPSA) is 65.1 Å². The van der Waals surface area contributed by atoms with Gasteiger partial charge in [-0.15, -0.1) is 0 Å². The summed E-state index contributed by atoms with van der Waals surface area (Å²) >= 11 is 0. The number of carbonyl (C=O) groups excluding carboxylic acids is 2. The second kappa shape index (κ2) is 8.19. The molecule has 0 spiro atoms. The zero-order valence-electron chi connectivity index (χ0n) is 14.7. The first-order chi connectivity index (χ1) is 12.0. The summed E-state index contributed by atoms with van der Waals surface area (Å²) in [5.74, 6) is -0.617. The summed E-state index contributed by atoms with van der Waals surface area (Å²) in [5, 5.41) is 0. The molecular weight excluding hydrogens is 322 g/mol. The fourth-order valence-corrected chi connectivity index (χ4v) is 2.34. The zero-order chi connectivity index (χ0) is 18.4. The lowest BCUT2D eigenvalue weighted by molar-refractivity contribution is -0.139. The summed E-state index contributed by atoms with van der Waals surface area (Å²) in [6.07, 6.45) is 6.58. The van der Waals surface area contributed by atoms with Crippen LogP contribution < -0.4 is 9.64 Å². The van der Waals surface area contributed by atoms with Crippen LogP contribution in [0.2, 0.25) is 0 Å². The standard InChI is InChI=1S/C19H21NO5/c1-13(2)25-15-9-7-8-14(12-15)20-11-6-5-10-16(18(21)23-3)17(20)19(22)24-4/h5-13H,1-4H3. The molecule has 0 amide bonds. The van der Waals surface area contributed by atoms with Gasteiger partial charge in [-0.1, -0.05) is 12.1 Å². The highest BCUT2D eigenvalue weighted by Crippen LogP contribution is 2.29. The predicted molar refractivity (Wildman–Crippen MR) is 94.0 cm³/mol. The fourth-order valence-electron chi connectivity index (χ4n) is 2.34. The van der Waals surface area contributed by atoms with Crippen LogP contribution in [0.1, 0.15) is 13.8 Å². The molecule has 132 valence electrons. The molecule has 1 aliphatic rings. The van der Waals surface area contributed by atoms with E-state index in [1.807, 2.05) is 26.0 Å². The SMILES string of the molecule is COC(=O)C1=C(C(=O)OC)N(c2cccc(OC(C)C)c2)C=CC=C1. The lowest BCUT2D eigenvalue weighted by atomic mass is 10.1. The molecule has 0 fully saturated rings. The zero-order valence-corrected chi connectivity index (χ0v) is 14.7. The van der Waals surface area contributed by atoms with Crippen LogP contribution in [0.4, 0.5) is 5.69 Å². The van der Waals surface area contributed by atoms with Crippen LogP contribution >= 0.6 is 0 Å². The van der Waals surface area contributed by atoms with E-state index < -0.39 is 11.9 Å². The van der Waals surface area contributed by atoms with Gasteiger partial charge in [-0.25, -0.2) is 9.59 Å². The third kappa shape index (κ3) is 4.29. The Hall–Kier alpha value is -3.02. The van der Waals surface area contributed by atoms with Gasteiger partial charge in [0.05, 0.1) is 25.9 Å². The van der Waals surface area contributed by atoms with Crippen molar-refractivity contribution in [3.63, 3.8) is 0 Å². The smallest absolute Gasteiger partial charge is 0.355 e. The highest BCUT2D eigenvalue weighted by molar-refractivity contribution is 6.05. The number of allylic oxidation sites excluding steroid dienone is 2. The largest absolute Gasteiger partial charge is 0.491 e. The minimum Gasteiger partial charge on any atom is -0.491 e. The number of methoxy groups -OCH3 is 2. The van der Waals surface area contributed by atoms with Crippen LogP contribution in [0, 0.1) is 0 Å². The summed E-state index contributed by atoms with van der Waals surface area (Å²) in [4.78, 5) is 26.1. The third-order valence-electron chi connectivity index (χ3n) is 3.36. The van der Waals surface area contributed by atoms with Crippen LogP contribution in [0.5, 0.6) is 5.75 Å². The number of hydrogen-bond donors (Lipinski definition) is 0. The van der Waals surface area contributed by atoms with Crippen molar-refractivity contribution in [1.82, 2.24) is 0 Å². The van der Waals surface area contributed by atoms with E-state index in [1.165, 1.54) is 20.3 Å². The molecule has 0 atom stereocenters. The van der Waals surface area contributed by atoms with E-state index in [2.05, 4.69) is 0 Å². The van der Waals surface area contributed by atoms with Crippen molar-refractivity contribution < 1.29 is 23.8 Å². The highest BCUT2D eigenvalue weighted by atomic mass is 16.5. The average molecular weight is 343 g/mol. The highest BCUT2D eigenvalue weighted by Gasteiger charge is 2.27. The van der Waals surface area contributed by atoms with E-state index in [9.17, 15) is 9.59 Å². The molecule has 0 aromatic heterocycles. The number of rotatable bonds is 5. The van der Waals surface area contributed by atoms with Gasteiger partial charge in [-0.2, -0.15) is 0 Å². The number of benzene rings is 1. The quantitative estimate of drug-likeness (QED) is 0.766. The van der Waals surface area contributed by atoms with E-state index in [0.29, 0.717) is 11.4 Å². The molecule has 25 heavy (non-hydrogen) atoms. The van der Waals surface area contributed by atoms with E-state index in [4.69, 9.17) is 14.2 Å². The molecule has 0 saturated carbocycles. The van der Waals surface area contributed by atoms with Crippen molar-refractivity contribution in [3.8, 4) is 5.75 Å². The van der Waals surface area contributed by atoms with Gasteiger partial charge in [0.15, 0.2) is 0 Å².